The third-order valence-corrected chi connectivity index (χ3v) is 0.586. The molecule has 9 heavy (non-hydrogen) atoms. The zero-order valence-corrected chi connectivity index (χ0v) is 10.1. The van der Waals surface area contributed by atoms with Crippen molar-refractivity contribution in [2.75, 3.05) is 4.43 Å². The average Bonchev–Trinajstić information content (AvgIpc) is 2.17. The van der Waals surface area contributed by atoms with E-state index in [2.05, 4.69) is 41.7 Å². The van der Waals surface area contributed by atoms with Gasteiger partial charge in [-0.3, -0.25) is 6.08 Å². The summed E-state index contributed by atoms with van der Waals surface area (Å²) >= 11 is 2.29. The molecule has 50 valence electrons. The molecule has 0 heterocycles. The minimum atomic E-state index is 0. The Balaban J connectivity index is 0. The van der Waals surface area contributed by atoms with Gasteiger partial charge in [-0.2, -0.15) is 6.08 Å². The van der Waals surface area contributed by atoms with Gasteiger partial charge in [-0.25, -0.2) is 12.2 Å². The zero-order chi connectivity index (χ0) is 6.24. The van der Waals surface area contributed by atoms with Crippen LogP contribution in [0.15, 0.2) is 18.2 Å². The molecule has 2 heteroatoms. The standard InChI is InChI=1S/C5H5.C2H5I.Zr/c1-2-4-5-3-1;1-2-3;/h1-3H,4H2;2H2,1H3;/q-1;;. The van der Waals surface area contributed by atoms with Gasteiger partial charge in [-0.05, 0) is 4.43 Å². The number of alkyl halides is 1. The fourth-order valence-electron chi connectivity index (χ4n) is 0.340. The van der Waals surface area contributed by atoms with E-state index in [1.54, 1.807) is 0 Å². The van der Waals surface area contributed by atoms with E-state index in [4.69, 9.17) is 0 Å². The Morgan fingerprint density at radius 1 is 1.67 bits per heavy atom. The van der Waals surface area contributed by atoms with Crippen LogP contribution >= 0.6 is 22.6 Å². The summed E-state index contributed by atoms with van der Waals surface area (Å²) in [6.45, 7) is 2.11. The minimum absolute atomic E-state index is 0. The average molecular weight is 312 g/mol. The Kier molecular flexibility index (Phi) is 16.8. The summed E-state index contributed by atoms with van der Waals surface area (Å²) in [6, 6.07) is 0. The predicted octanol–water partition coefficient (Wildman–Crippen LogP) is 2.74. The molecule has 0 N–H and O–H groups in total. The smallest absolute Gasteiger partial charge is 0 e. The molecule has 0 nitrogen and oxygen atoms in total. The molecule has 0 aromatic carbocycles. The van der Waals surface area contributed by atoms with E-state index in [1.807, 2.05) is 12.2 Å². The van der Waals surface area contributed by atoms with Crippen molar-refractivity contribution in [3.63, 3.8) is 0 Å². The molecule has 0 amide bonds. The summed E-state index contributed by atoms with van der Waals surface area (Å²) in [5, 5.41) is 0. The first-order valence-corrected chi connectivity index (χ1v) is 4.22. The topological polar surface area (TPSA) is 0 Å². The molecular formula is C7H10IZr-. The van der Waals surface area contributed by atoms with Crippen molar-refractivity contribution in [2.24, 2.45) is 0 Å². The van der Waals surface area contributed by atoms with Crippen LogP contribution in [0.25, 0.3) is 0 Å². The van der Waals surface area contributed by atoms with Gasteiger partial charge in [0.05, 0.1) is 0 Å². The van der Waals surface area contributed by atoms with E-state index in [-0.39, 0.29) is 26.2 Å². The van der Waals surface area contributed by atoms with Gasteiger partial charge < -0.3 is 0 Å². The van der Waals surface area contributed by atoms with E-state index in [1.165, 1.54) is 4.43 Å². The Morgan fingerprint density at radius 3 is 2.33 bits per heavy atom. The Morgan fingerprint density at radius 2 is 2.22 bits per heavy atom. The first-order chi connectivity index (χ1) is 3.91. The van der Waals surface area contributed by atoms with Crippen molar-refractivity contribution in [3.8, 4) is 0 Å². The summed E-state index contributed by atoms with van der Waals surface area (Å²) in [6.07, 6.45) is 10.0. The van der Waals surface area contributed by atoms with Crippen molar-refractivity contribution < 1.29 is 26.2 Å². The Labute approximate surface area is 90.1 Å². The van der Waals surface area contributed by atoms with Crippen LogP contribution in [-0.2, 0) is 26.2 Å². The van der Waals surface area contributed by atoms with Crippen molar-refractivity contribution in [1.29, 1.82) is 0 Å². The van der Waals surface area contributed by atoms with Crippen molar-refractivity contribution in [3.05, 3.63) is 24.3 Å². The van der Waals surface area contributed by atoms with Gasteiger partial charge in [-0.15, -0.1) is 6.42 Å². The van der Waals surface area contributed by atoms with E-state index in [9.17, 15) is 0 Å². The molecule has 0 atom stereocenters. The van der Waals surface area contributed by atoms with Crippen LogP contribution in [0.3, 0.4) is 0 Å². The number of halogens is 1. The molecule has 0 aromatic heterocycles. The summed E-state index contributed by atoms with van der Waals surface area (Å²) in [7, 11) is 0. The SMILES string of the molecule is CCI.[C-]1=CC=CC1.[Zr]. The molecule has 0 aromatic rings. The van der Waals surface area contributed by atoms with Gasteiger partial charge in [0.1, 0.15) is 0 Å². The summed E-state index contributed by atoms with van der Waals surface area (Å²) in [4.78, 5) is 0. The first kappa shape index (κ1) is 12.7. The van der Waals surface area contributed by atoms with E-state index >= 15 is 0 Å². The fraction of sp³-hybridized carbons (Fsp3) is 0.429. The van der Waals surface area contributed by atoms with Gasteiger partial charge in [0.2, 0.25) is 0 Å². The summed E-state index contributed by atoms with van der Waals surface area (Å²) in [5.41, 5.74) is 0. The Hall–Kier alpha value is 1.09. The van der Waals surface area contributed by atoms with Crippen molar-refractivity contribution in [2.45, 2.75) is 13.3 Å². The molecule has 1 rings (SSSR count). The minimum Gasteiger partial charge on any atom is -0.273 e. The quantitative estimate of drug-likeness (QED) is 0.366. The Bertz CT molecular complexity index is 76.9. The van der Waals surface area contributed by atoms with Gasteiger partial charge in [0.15, 0.2) is 0 Å². The number of hydrogen-bond donors (Lipinski definition) is 0. The predicted molar refractivity (Wildman–Crippen MR) is 46.1 cm³/mol. The third-order valence-electron chi connectivity index (χ3n) is 0.586. The normalized spacial score (nSPS) is 11.8. The van der Waals surface area contributed by atoms with Crippen LogP contribution in [0, 0.1) is 6.08 Å². The molecule has 0 saturated carbocycles. The van der Waals surface area contributed by atoms with Gasteiger partial charge in [0.25, 0.3) is 0 Å². The van der Waals surface area contributed by atoms with Crippen LogP contribution in [-0.4, -0.2) is 4.43 Å². The van der Waals surface area contributed by atoms with E-state index < -0.39 is 0 Å². The van der Waals surface area contributed by atoms with Crippen LogP contribution in [0.1, 0.15) is 13.3 Å². The van der Waals surface area contributed by atoms with E-state index in [0.29, 0.717) is 0 Å². The third kappa shape index (κ3) is 12.3. The second-order valence-corrected chi connectivity index (χ2v) is 2.80. The van der Waals surface area contributed by atoms with Gasteiger partial charge >= 0.3 is 0 Å². The maximum Gasteiger partial charge on any atom is 0 e. The second-order valence-electron chi connectivity index (χ2n) is 1.27. The number of rotatable bonds is 0. The van der Waals surface area contributed by atoms with Crippen molar-refractivity contribution >= 4 is 22.6 Å². The number of allylic oxidation sites excluding steroid dienone is 4. The monoisotopic (exact) mass is 311 g/mol. The summed E-state index contributed by atoms with van der Waals surface area (Å²) in [5.74, 6) is 0. The van der Waals surface area contributed by atoms with Crippen LogP contribution < -0.4 is 0 Å². The molecule has 0 radical (unpaired) electrons. The fourth-order valence-corrected chi connectivity index (χ4v) is 0.340. The van der Waals surface area contributed by atoms with Crippen LogP contribution in [0.4, 0.5) is 0 Å². The van der Waals surface area contributed by atoms with Crippen LogP contribution in [0.2, 0.25) is 0 Å². The molecule has 0 saturated heterocycles. The van der Waals surface area contributed by atoms with E-state index in [0.717, 1.165) is 6.42 Å². The zero-order valence-electron chi connectivity index (χ0n) is 5.52. The maximum atomic E-state index is 2.99. The van der Waals surface area contributed by atoms with Crippen molar-refractivity contribution in [1.82, 2.24) is 0 Å². The molecule has 0 bridgehead atoms. The molecule has 0 fully saturated rings. The van der Waals surface area contributed by atoms with Crippen LogP contribution in [0.5, 0.6) is 0 Å². The van der Waals surface area contributed by atoms with Gasteiger partial charge in [0, 0.05) is 26.2 Å². The molecule has 1 aliphatic carbocycles. The number of hydrogen-bond acceptors (Lipinski definition) is 0. The second kappa shape index (κ2) is 11.8. The maximum absolute atomic E-state index is 2.99. The molecule has 1 aliphatic rings. The van der Waals surface area contributed by atoms with Gasteiger partial charge in [-0.1, -0.05) is 29.5 Å². The molecule has 0 aliphatic heterocycles. The first-order valence-electron chi connectivity index (χ1n) is 2.69. The largest absolute Gasteiger partial charge is 0.273 e. The molecule has 0 unspecified atom stereocenters. The molecular weight excluding hydrogens is 302 g/mol. The molecule has 0 spiro atoms. The summed E-state index contributed by atoms with van der Waals surface area (Å²) < 4.78 is 1.22.